The van der Waals surface area contributed by atoms with E-state index in [9.17, 15) is 35.6 Å². The first-order valence-corrected chi connectivity index (χ1v) is 32.8. The molecule has 2 heterocycles. The second kappa shape index (κ2) is 43.4. The summed E-state index contributed by atoms with van der Waals surface area (Å²) in [6, 6.07) is -0.209. The summed E-state index contributed by atoms with van der Waals surface area (Å²) < 4.78 is 162. The van der Waals surface area contributed by atoms with Crippen molar-refractivity contribution in [3.63, 3.8) is 0 Å². The van der Waals surface area contributed by atoms with Crippen LogP contribution in [0, 0.1) is 17.5 Å². The van der Waals surface area contributed by atoms with Crippen molar-refractivity contribution in [2.75, 3.05) is 182 Å². The van der Waals surface area contributed by atoms with Gasteiger partial charge in [0.25, 0.3) is 0 Å². The third-order valence-electron chi connectivity index (χ3n) is 13.0. The van der Waals surface area contributed by atoms with E-state index >= 15 is 8.78 Å². The van der Waals surface area contributed by atoms with Crippen LogP contribution in [0.1, 0.15) is 77.0 Å². The zero-order valence-corrected chi connectivity index (χ0v) is 50.0. The van der Waals surface area contributed by atoms with Crippen molar-refractivity contribution < 1.29 is 101 Å². The number of carbonyl (C=O) groups excluding carboxylic acids is 3. The number of rotatable bonds is 50. The topological polar surface area (TPSA) is 316 Å². The summed E-state index contributed by atoms with van der Waals surface area (Å²) in [4.78, 5) is 32.8. The number of amides is 4. The number of carbonyl (C=O) groups is 3. The molecule has 0 aromatic heterocycles. The SMILES string of the molecule is NS(=O)(=O)c1c(F)c(F)c(S(=O)(=O)CNC(=O)CCOCCOCCOCCOCCOCCOCCOCCOCCOCCOCCOCCOCCNC(=O)CCCCC2SCC3NC(=O)NC32)c(NC2CCCCCCC2)c1F. The summed E-state index contributed by atoms with van der Waals surface area (Å²) in [7, 11) is -10.1. The number of urea groups is 1. The fraction of sp³-hybridized carbons (Fsp3) is 0.827. The number of thioether (sulfide) groups is 1. The van der Waals surface area contributed by atoms with Crippen molar-refractivity contribution in [3.8, 4) is 0 Å². The van der Waals surface area contributed by atoms with Gasteiger partial charge in [-0.25, -0.2) is 39.9 Å². The van der Waals surface area contributed by atoms with Crippen LogP contribution >= 0.6 is 11.8 Å². The number of sulfonamides is 1. The van der Waals surface area contributed by atoms with Crippen LogP contribution in [0.15, 0.2) is 9.79 Å². The molecule has 1 aromatic rings. The van der Waals surface area contributed by atoms with Gasteiger partial charge < -0.3 is 83.4 Å². The molecule has 83 heavy (non-hydrogen) atoms. The molecule has 25 nitrogen and oxygen atoms in total. The number of halogens is 3. The van der Waals surface area contributed by atoms with Crippen molar-refractivity contribution >= 4 is 55.2 Å². The second-order valence-electron chi connectivity index (χ2n) is 19.4. The minimum absolute atomic E-state index is 0.0225. The fourth-order valence-corrected chi connectivity index (χ4v) is 12.3. The number of fused-ring (bicyclic) bond motifs is 1. The molecule has 4 rings (SSSR count). The Labute approximate surface area is 490 Å². The number of hydrogen-bond donors (Lipinski definition) is 6. The van der Waals surface area contributed by atoms with E-state index in [0.29, 0.717) is 176 Å². The lowest BCUT2D eigenvalue weighted by Gasteiger charge is -2.25. The van der Waals surface area contributed by atoms with Gasteiger partial charge in [-0.1, -0.05) is 38.5 Å². The van der Waals surface area contributed by atoms with Crippen LogP contribution in [0.2, 0.25) is 0 Å². The highest BCUT2D eigenvalue weighted by molar-refractivity contribution is 8.00. The van der Waals surface area contributed by atoms with Gasteiger partial charge in [-0.2, -0.15) is 11.8 Å². The van der Waals surface area contributed by atoms with Gasteiger partial charge in [-0.3, -0.25) is 9.59 Å². The third kappa shape index (κ3) is 30.8. The van der Waals surface area contributed by atoms with Gasteiger partial charge in [0.05, 0.1) is 176 Å². The number of nitrogens with two attached hydrogens (primary N) is 1. The van der Waals surface area contributed by atoms with Gasteiger partial charge in [0.1, 0.15) is 10.8 Å². The highest BCUT2D eigenvalue weighted by atomic mass is 32.2. The Morgan fingerprint density at radius 2 is 0.928 bits per heavy atom. The predicted molar refractivity (Wildman–Crippen MR) is 299 cm³/mol. The molecule has 1 saturated carbocycles. The molecule has 1 aromatic carbocycles. The largest absolute Gasteiger partial charge is 0.379 e. The lowest BCUT2D eigenvalue weighted by Crippen LogP contribution is -2.36. The van der Waals surface area contributed by atoms with Crippen LogP contribution in [0.5, 0.6) is 0 Å². The minimum atomic E-state index is -5.14. The fourth-order valence-electron chi connectivity index (χ4n) is 8.74. The molecule has 2 saturated heterocycles. The monoisotopic (exact) mass is 1250 g/mol. The van der Waals surface area contributed by atoms with Gasteiger partial charge in [0.2, 0.25) is 31.7 Å². The van der Waals surface area contributed by atoms with Gasteiger partial charge >= 0.3 is 6.03 Å². The van der Waals surface area contributed by atoms with Crippen LogP contribution in [0.25, 0.3) is 0 Å². The van der Waals surface area contributed by atoms with Crippen molar-refractivity contribution in [2.45, 2.75) is 110 Å². The number of hydrogen-bond acceptors (Lipinski definition) is 21. The summed E-state index contributed by atoms with van der Waals surface area (Å²) >= 11 is 1.89. The summed E-state index contributed by atoms with van der Waals surface area (Å²) in [6.07, 6.45) is 7.91. The molecule has 1 aliphatic carbocycles. The van der Waals surface area contributed by atoms with E-state index in [1.54, 1.807) is 0 Å². The van der Waals surface area contributed by atoms with Crippen LogP contribution in [-0.4, -0.2) is 235 Å². The lowest BCUT2D eigenvalue weighted by atomic mass is 9.96. The molecular formula is C52H89F3N6O19S3. The normalized spacial score (nSPS) is 17.7. The maximum atomic E-state index is 15.6. The van der Waals surface area contributed by atoms with Crippen molar-refractivity contribution in [3.05, 3.63) is 17.5 Å². The zero-order valence-electron chi connectivity index (χ0n) is 47.6. The quantitative estimate of drug-likeness (QED) is 0.0310. The number of nitrogens with one attached hydrogen (secondary N) is 5. The number of sulfone groups is 1. The van der Waals surface area contributed by atoms with Crippen LogP contribution in [0.4, 0.5) is 23.7 Å². The molecule has 0 spiro atoms. The molecule has 3 unspecified atom stereocenters. The summed E-state index contributed by atoms with van der Waals surface area (Å²) in [6.45, 7) is 9.16. The Balaban J connectivity index is 0.814. The average Bonchev–Trinajstić information content (AvgIpc) is 2.60. The van der Waals surface area contributed by atoms with Crippen molar-refractivity contribution in [2.24, 2.45) is 5.14 Å². The average molecular weight is 1260 g/mol. The number of benzene rings is 1. The third-order valence-corrected chi connectivity index (χ3v) is 16.9. The maximum absolute atomic E-state index is 15.6. The molecule has 2 aliphatic heterocycles. The van der Waals surface area contributed by atoms with Crippen LogP contribution < -0.4 is 31.7 Å². The minimum Gasteiger partial charge on any atom is -0.379 e. The highest BCUT2D eigenvalue weighted by Gasteiger charge is 2.42. The summed E-state index contributed by atoms with van der Waals surface area (Å²) in [5.74, 6) is -7.36. The number of anilines is 1. The number of primary sulfonamides is 1. The molecule has 3 aliphatic rings. The van der Waals surface area contributed by atoms with Crippen molar-refractivity contribution in [1.29, 1.82) is 0 Å². The molecule has 3 atom stereocenters. The molecule has 4 amide bonds. The lowest BCUT2D eigenvalue weighted by molar-refractivity contribution is -0.122. The smallest absolute Gasteiger partial charge is 0.315 e. The molecule has 0 bridgehead atoms. The van der Waals surface area contributed by atoms with Crippen LogP contribution in [-0.2, 0) is 86.3 Å². The van der Waals surface area contributed by atoms with E-state index in [4.69, 9.17) is 62.0 Å². The Morgan fingerprint density at radius 3 is 1.39 bits per heavy atom. The number of ether oxygens (including phenoxy) is 12. The van der Waals surface area contributed by atoms with Crippen LogP contribution in [0.3, 0.4) is 0 Å². The van der Waals surface area contributed by atoms with Gasteiger partial charge in [0.15, 0.2) is 22.3 Å². The van der Waals surface area contributed by atoms with Gasteiger partial charge in [-0.05, 0) is 25.7 Å². The summed E-state index contributed by atoms with van der Waals surface area (Å²) in [5.41, 5.74) is -1.05. The predicted octanol–water partition coefficient (Wildman–Crippen LogP) is 2.55. The molecular weight excluding hydrogens is 1170 g/mol. The van der Waals surface area contributed by atoms with E-state index in [0.717, 1.165) is 44.3 Å². The molecule has 3 fully saturated rings. The van der Waals surface area contributed by atoms with E-state index < -0.39 is 70.6 Å². The molecule has 480 valence electrons. The highest BCUT2D eigenvalue weighted by Crippen LogP contribution is 2.37. The first-order valence-electron chi connectivity index (χ1n) is 28.6. The van der Waals surface area contributed by atoms with Gasteiger partial charge in [0, 0.05) is 36.4 Å². The standard InChI is InChI=1S/C52H89F3N6O19S3/c53-45-46(54)51(49(47(55)50(45)83(56,67)68)59-40-8-4-2-1-3-5-9-40)82(65,66)39-58-44(63)12-14-69-16-18-71-20-22-73-24-26-75-28-30-77-32-34-79-36-37-80-35-33-78-31-29-76-27-25-74-23-21-72-19-17-70-15-13-57-43(62)11-7-6-10-42-48-41(38-81-42)60-52(64)61-48/h40-42,48,59H,1-39H2,(H,57,62)(H,58,63)(H2,56,67,68)(H2,60,61,64). The Bertz CT molecular complexity index is 2210. The maximum Gasteiger partial charge on any atom is 0.315 e. The first kappa shape index (κ1) is 72.2. The van der Waals surface area contributed by atoms with Crippen molar-refractivity contribution in [1.82, 2.24) is 21.3 Å². The second-order valence-corrected chi connectivity index (χ2v) is 24.1. The van der Waals surface area contributed by atoms with E-state index in [1.165, 1.54) is 0 Å². The Kier molecular flexibility index (Phi) is 37.8. The molecule has 31 heteroatoms. The zero-order chi connectivity index (χ0) is 59.8. The molecule has 7 N–H and O–H groups in total. The van der Waals surface area contributed by atoms with E-state index in [2.05, 4.69) is 26.6 Å². The number of unbranched alkanes of at least 4 members (excludes halogenated alkanes) is 1. The Hall–Kier alpha value is -3.25. The summed E-state index contributed by atoms with van der Waals surface area (Å²) in [5, 5.41) is 18.9. The van der Waals surface area contributed by atoms with E-state index in [-0.39, 0.29) is 56.9 Å². The molecule has 0 radical (unpaired) electrons. The van der Waals surface area contributed by atoms with Gasteiger partial charge in [-0.15, -0.1) is 0 Å². The Morgan fingerprint density at radius 1 is 0.518 bits per heavy atom. The van der Waals surface area contributed by atoms with E-state index in [1.807, 2.05) is 11.8 Å². The first-order chi connectivity index (χ1) is 40.2.